The minimum atomic E-state index is -1.44. The Balaban J connectivity index is 2.02. The van der Waals surface area contributed by atoms with Crippen LogP contribution in [0.3, 0.4) is 0 Å². The third-order valence-electron chi connectivity index (χ3n) is 3.89. The van der Waals surface area contributed by atoms with Crippen molar-refractivity contribution in [3.8, 4) is 10.6 Å². The molecule has 3 rings (SSSR count). The SMILES string of the molecule is CC(C)(C)[S+]([O-])/N=C/c1nc(-c2cc(F)ccc2F)sc1Cc1ccccc1. The first-order valence-electron chi connectivity index (χ1n) is 8.69. The molecule has 0 amide bonds. The Hall–Kier alpha value is -2.09. The van der Waals surface area contributed by atoms with Gasteiger partial charge in [0.25, 0.3) is 0 Å². The van der Waals surface area contributed by atoms with E-state index < -0.39 is 27.7 Å². The number of hydrogen-bond acceptors (Lipinski definition) is 4. The van der Waals surface area contributed by atoms with E-state index in [0.717, 1.165) is 28.6 Å². The van der Waals surface area contributed by atoms with Crippen molar-refractivity contribution < 1.29 is 13.3 Å². The highest BCUT2D eigenvalue weighted by molar-refractivity contribution is 7.91. The average molecular weight is 419 g/mol. The maximum atomic E-state index is 14.2. The number of aromatic nitrogens is 1. The van der Waals surface area contributed by atoms with Crippen molar-refractivity contribution in [2.45, 2.75) is 31.9 Å². The van der Waals surface area contributed by atoms with Crippen LogP contribution in [0, 0.1) is 11.6 Å². The number of halogens is 2. The Labute approximate surface area is 170 Å². The molecular formula is C21H20F2N2OS2. The molecule has 1 atom stereocenters. The Morgan fingerprint density at radius 3 is 2.54 bits per heavy atom. The third-order valence-corrected chi connectivity index (χ3v) is 6.34. The third kappa shape index (κ3) is 5.04. The Kier molecular flexibility index (Phi) is 6.27. The maximum absolute atomic E-state index is 14.2. The summed E-state index contributed by atoms with van der Waals surface area (Å²) >= 11 is -0.154. The van der Waals surface area contributed by atoms with Gasteiger partial charge < -0.3 is 4.55 Å². The van der Waals surface area contributed by atoms with Crippen molar-refractivity contribution in [2.75, 3.05) is 0 Å². The minimum absolute atomic E-state index is 0.107. The second-order valence-electron chi connectivity index (χ2n) is 7.21. The van der Waals surface area contributed by atoms with E-state index in [4.69, 9.17) is 0 Å². The summed E-state index contributed by atoms with van der Waals surface area (Å²) in [6, 6.07) is 13.1. The van der Waals surface area contributed by atoms with Crippen LogP contribution >= 0.6 is 11.3 Å². The van der Waals surface area contributed by atoms with E-state index in [-0.39, 0.29) is 5.56 Å². The van der Waals surface area contributed by atoms with E-state index >= 15 is 0 Å². The molecule has 3 nitrogen and oxygen atoms in total. The largest absolute Gasteiger partial charge is 0.591 e. The highest BCUT2D eigenvalue weighted by Crippen LogP contribution is 2.31. The van der Waals surface area contributed by atoms with Gasteiger partial charge in [0.15, 0.2) is 0 Å². The lowest BCUT2D eigenvalue weighted by molar-refractivity contribution is 0.562. The van der Waals surface area contributed by atoms with Gasteiger partial charge in [-0.3, -0.25) is 0 Å². The van der Waals surface area contributed by atoms with Gasteiger partial charge in [-0.2, -0.15) is 0 Å². The molecule has 0 radical (unpaired) electrons. The smallest absolute Gasteiger partial charge is 0.144 e. The molecule has 0 aliphatic carbocycles. The minimum Gasteiger partial charge on any atom is -0.591 e. The number of benzene rings is 2. The average Bonchev–Trinajstić information content (AvgIpc) is 3.04. The van der Waals surface area contributed by atoms with E-state index in [2.05, 4.69) is 9.38 Å². The van der Waals surface area contributed by atoms with Crippen LogP contribution in [0.1, 0.15) is 36.9 Å². The Morgan fingerprint density at radius 1 is 1.14 bits per heavy atom. The Morgan fingerprint density at radius 2 is 1.86 bits per heavy atom. The van der Waals surface area contributed by atoms with E-state index in [1.54, 1.807) is 0 Å². The summed E-state index contributed by atoms with van der Waals surface area (Å²) in [5.74, 6) is -1.07. The summed E-state index contributed by atoms with van der Waals surface area (Å²) in [5, 5.41) is 0.367. The summed E-state index contributed by atoms with van der Waals surface area (Å²) in [7, 11) is 0. The molecule has 0 aliphatic heterocycles. The lowest BCUT2D eigenvalue weighted by Gasteiger charge is -2.17. The van der Waals surface area contributed by atoms with Crippen LogP contribution in [-0.4, -0.2) is 20.5 Å². The summed E-state index contributed by atoms with van der Waals surface area (Å²) in [6.45, 7) is 5.50. The fourth-order valence-corrected chi connectivity index (χ4v) is 4.00. The van der Waals surface area contributed by atoms with E-state index in [0.29, 0.717) is 17.1 Å². The molecule has 2 aromatic carbocycles. The summed E-state index contributed by atoms with van der Waals surface area (Å²) < 4.78 is 43.7. The standard InChI is InChI=1S/C21H20F2N2OS2/c1-21(2,3)28(26)24-13-18-19(11-14-7-5-4-6-8-14)27-20(25-18)16-12-15(22)9-10-17(16)23/h4-10,12-13H,11H2,1-3H3/b24-13+. The summed E-state index contributed by atoms with van der Waals surface area (Å²) in [5.41, 5.74) is 1.69. The van der Waals surface area contributed by atoms with Gasteiger partial charge in [0, 0.05) is 16.9 Å². The summed E-state index contributed by atoms with van der Waals surface area (Å²) in [4.78, 5) is 5.31. The van der Waals surface area contributed by atoms with Gasteiger partial charge >= 0.3 is 0 Å². The molecule has 1 aromatic heterocycles. The lowest BCUT2D eigenvalue weighted by Crippen LogP contribution is -2.25. The van der Waals surface area contributed by atoms with Gasteiger partial charge in [-0.1, -0.05) is 34.7 Å². The van der Waals surface area contributed by atoms with Crippen LogP contribution in [0.5, 0.6) is 0 Å². The molecule has 0 saturated heterocycles. The first-order chi connectivity index (χ1) is 13.2. The van der Waals surface area contributed by atoms with E-state index in [9.17, 15) is 13.3 Å². The topological polar surface area (TPSA) is 48.3 Å². The summed E-state index contributed by atoms with van der Waals surface area (Å²) in [6.07, 6.45) is 2.04. The highest BCUT2D eigenvalue weighted by atomic mass is 32.2. The molecule has 0 aliphatic rings. The second kappa shape index (κ2) is 8.51. The first kappa shape index (κ1) is 20.6. The number of hydrogen-bond donors (Lipinski definition) is 0. The zero-order chi connectivity index (χ0) is 20.3. The van der Waals surface area contributed by atoms with Crippen LogP contribution in [0.4, 0.5) is 8.78 Å². The highest BCUT2D eigenvalue weighted by Gasteiger charge is 2.26. The van der Waals surface area contributed by atoms with Crippen molar-refractivity contribution in [1.82, 2.24) is 4.98 Å². The van der Waals surface area contributed by atoms with Crippen LogP contribution in [0.2, 0.25) is 0 Å². The normalized spacial score (nSPS) is 13.2. The molecule has 0 N–H and O–H groups in total. The van der Waals surface area contributed by atoms with Crippen molar-refractivity contribution in [2.24, 2.45) is 4.40 Å². The van der Waals surface area contributed by atoms with Crippen molar-refractivity contribution in [1.29, 1.82) is 0 Å². The van der Waals surface area contributed by atoms with Gasteiger partial charge in [0.05, 0.1) is 0 Å². The predicted molar refractivity (Wildman–Crippen MR) is 112 cm³/mol. The van der Waals surface area contributed by atoms with Gasteiger partial charge in [-0.25, -0.2) is 13.8 Å². The Bertz CT molecular complexity index is 982. The van der Waals surface area contributed by atoms with Crippen molar-refractivity contribution >= 4 is 28.9 Å². The molecule has 0 fully saturated rings. The molecule has 1 heterocycles. The van der Waals surface area contributed by atoms with Gasteiger partial charge in [-0.15, -0.1) is 11.3 Å². The molecule has 3 aromatic rings. The first-order valence-corrected chi connectivity index (χ1v) is 10.6. The molecule has 0 spiro atoms. The van der Waals surface area contributed by atoms with Crippen molar-refractivity contribution in [3.63, 3.8) is 0 Å². The monoisotopic (exact) mass is 418 g/mol. The molecule has 28 heavy (non-hydrogen) atoms. The number of rotatable bonds is 5. The molecule has 1 unspecified atom stereocenters. The molecular weight excluding hydrogens is 398 g/mol. The van der Waals surface area contributed by atoms with Crippen LogP contribution < -0.4 is 0 Å². The van der Waals surface area contributed by atoms with E-state index in [1.807, 2.05) is 51.1 Å². The maximum Gasteiger partial charge on any atom is 0.144 e. The van der Waals surface area contributed by atoms with Gasteiger partial charge in [0.1, 0.15) is 44.7 Å². The fourth-order valence-electron chi connectivity index (χ4n) is 2.40. The van der Waals surface area contributed by atoms with Gasteiger partial charge in [0.2, 0.25) is 0 Å². The second-order valence-corrected chi connectivity index (χ2v) is 10.2. The van der Waals surface area contributed by atoms with E-state index in [1.165, 1.54) is 17.6 Å². The molecule has 0 bridgehead atoms. The number of nitrogens with zero attached hydrogens (tertiary/aromatic N) is 2. The van der Waals surface area contributed by atoms with Crippen molar-refractivity contribution in [3.05, 3.63) is 76.3 Å². The van der Waals surface area contributed by atoms with Gasteiger partial charge in [-0.05, 0) is 44.5 Å². The molecule has 146 valence electrons. The molecule has 0 saturated carbocycles. The predicted octanol–water partition coefficient (Wildman–Crippen LogP) is 5.56. The zero-order valence-electron chi connectivity index (χ0n) is 15.8. The quantitative estimate of drug-likeness (QED) is 0.402. The lowest BCUT2D eigenvalue weighted by atomic mass is 10.1. The van der Waals surface area contributed by atoms with Crippen LogP contribution in [-0.2, 0) is 17.8 Å². The number of thiazole rings is 1. The van der Waals surface area contributed by atoms with Crippen LogP contribution in [0.25, 0.3) is 10.6 Å². The zero-order valence-corrected chi connectivity index (χ0v) is 17.4. The van der Waals surface area contributed by atoms with Crippen LogP contribution in [0.15, 0.2) is 52.9 Å². The molecule has 7 heteroatoms. The fraction of sp³-hybridized carbons (Fsp3) is 0.238.